The van der Waals surface area contributed by atoms with Gasteiger partial charge in [-0.05, 0) is 43.0 Å². The number of rotatable bonds is 6. The van der Waals surface area contributed by atoms with Gasteiger partial charge in [-0.15, -0.1) is 0 Å². The van der Waals surface area contributed by atoms with Crippen LogP contribution in [0.5, 0.6) is 5.75 Å². The number of aromatic nitrogens is 2. The molecule has 2 atom stereocenters. The average molecular weight is 326 g/mol. The summed E-state index contributed by atoms with van der Waals surface area (Å²) in [7, 11) is 3.74. The van der Waals surface area contributed by atoms with Crippen LogP contribution in [0, 0.1) is 0 Å². The molecule has 2 aromatic rings. The van der Waals surface area contributed by atoms with Crippen LogP contribution in [-0.4, -0.2) is 40.4 Å². The van der Waals surface area contributed by atoms with E-state index in [2.05, 4.69) is 39.6 Å². The van der Waals surface area contributed by atoms with Crippen molar-refractivity contribution in [1.29, 1.82) is 0 Å². The minimum atomic E-state index is 0.431. The lowest BCUT2D eigenvalue weighted by Crippen LogP contribution is -2.37. The maximum absolute atomic E-state index is 5.45. The van der Waals surface area contributed by atoms with E-state index in [-0.39, 0.29) is 0 Å². The third kappa shape index (κ3) is 3.06. The van der Waals surface area contributed by atoms with Crippen molar-refractivity contribution in [3.63, 3.8) is 0 Å². The molecule has 24 heavy (non-hydrogen) atoms. The van der Waals surface area contributed by atoms with Crippen LogP contribution in [-0.2, 0) is 13.6 Å². The van der Waals surface area contributed by atoms with Crippen molar-refractivity contribution in [3.8, 4) is 5.75 Å². The molecule has 1 aliphatic heterocycles. The van der Waals surface area contributed by atoms with Crippen molar-refractivity contribution in [2.45, 2.75) is 43.9 Å². The van der Waals surface area contributed by atoms with Gasteiger partial charge in [0, 0.05) is 38.4 Å². The van der Waals surface area contributed by atoms with Crippen LogP contribution in [0.2, 0.25) is 0 Å². The summed E-state index contributed by atoms with van der Waals surface area (Å²) >= 11 is 0. The molecule has 1 aromatic carbocycles. The molecule has 0 amide bonds. The largest absolute Gasteiger partial charge is 0.497 e. The molecule has 0 spiro atoms. The summed E-state index contributed by atoms with van der Waals surface area (Å²) in [6.45, 7) is 2.04. The molecular formula is C19H26N4O. The summed E-state index contributed by atoms with van der Waals surface area (Å²) < 4.78 is 7.39. The first kappa shape index (κ1) is 15.7. The van der Waals surface area contributed by atoms with Gasteiger partial charge in [0.15, 0.2) is 0 Å². The van der Waals surface area contributed by atoms with Crippen LogP contribution in [0.3, 0.4) is 0 Å². The Bertz CT molecular complexity index is 694. The molecule has 2 aliphatic rings. The van der Waals surface area contributed by atoms with E-state index in [1.807, 2.05) is 24.0 Å². The van der Waals surface area contributed by atoms with Gasteiger partial charge in [-0.3, -0.25) is 9.58 Å². The highest BCUT2D eigenvalue weighted by atomic mass is 16.5. The Balaban J connectivity index is 1.54. The van der Waals surface area contributed by atoms with Gasteiger partial charge in [0.05, 0.1) is 18.8 Å². The minimum Gasteiger partial charge on any atom is -0.497 e. The zero-order valence-electron chi connectivity index (χ0n) is 14.5. The Labute approximate surface area is 143 Å². The minimum absolute atomic E-state index is 0.431. The van der Waals surface area contributed by atoms with Gasteiger partial charge in [-0.2, -0.15) is 5.10 Å². The van der Waals surface area contributed by atoms with Gasteiger partial charge in [-0.1, -0.05) is 12.1 Å². The van der Waals surface area contributed by atoms with Crippen LogP contribution in [0.15, 0.2) is 36.5 Å². The highest BCUT2D eigenvalue weighted by molar-refractivity contribution is 5.32. The molecule has 2 fully saturated rings. The standard InChI is InChI=1S/C19H26N4O/c1-22-16(8-10-21-22)13-20-18-9-11-23(15-6-7-15)19(18)14-4-3-5-17(12-14)24-2/h3-5,8,10,12,15,18-20H,6-7,9,11,13H2,1-2H3/t18-,19-/m1/s1. The van der Waals surface area contributed by atoms with Gasteiger partial charge in [-0.25, -0.2) is 0 Å². The maximum atomic E-state index is 5.45. The molecule has 1 saturated carbocycles. The second kappa shape index (κ2) is 6.57. The zero-order valence-corrected chi connectivity index (χ0v) is 14.5. The smallest absolute Gasteiger partial charge is 0.119 e. The zero-order chi connectivity index (χ0) is 16.5. The molecule has 5 heteroatoms. The molecule has 1 N–H and O–H groups in total. The number of aryl methyl sites for hydroxylation is 1. The highest BCUT2D eigenvalue weighted by Crippen LogP contribution is 2.41. The van der Waals surface area contributed by atoms with Crippen LogP contribution < -0.4 is 10.1 Å². The number of ether oxygens (including phenoxy) is 1. The molecule has 1 aromatic heterocycles. The number of nitrogens with zero attached hydrogens (tertiary/aromatic N) is 3. The fraction of sp³-hybridized carbons (Fsp3) is 0.526. The Morgan fingerprint density at radius 2 is 2.12 bits per heavy atom. The second-order valence-corrected chi connectivity index (χ2v) is 6.91. The monoisotopic (exact) mass is 326 g/mol. The molecule has 0 radical (unpaired) electrons. The molecule has 4 rings (SSSR count). The Morgan fingerprint density at radius 3 is 2.83 bits per heavy atom. The van der Waals surface area contributed by atoms with Crippen LogP contribution in [0.1, 0.15) is 36.6 Å². The van der Waals surface area contributed by atoms with Crippen molar-refractivity contribution in [2.24, 2.45) is 7.05 Å². The number of methoxy groups -OCH3 is 1. The van der Waals surface area contributed by atoms with E-state index in [4.69, 9.17) is 4.74 Å². The molecule has 0 bridgehead atoms. The molecule has 128 valence electrons. The summed E-state index contributed by atoms with van der Waals surface area (Å²) in [5, 5.41) is 8.04. The highest BCUT2D eigenvalue weighted by Gasteiger charge is 2.42. The summed E-state index contributed by atoms with van der Waals surface area (Å²) in [6.07, 6.45) is 5.74. The second-order valence-electron chi connectivity index (χ2n) is 6.91. The topological polar surface area (TPSA) is 42.3 Å². The van der Waals surface area contributed by atoms with Crippen molar-refractivity contribution < 1.29 is 4.74 Å². The van der Waals surface area contributed by atoms with Gasteiger partial charge in [0.1, 0.15) is 5.75 Å². The van der Waals surface area contributed by atoms with Crippen molar-refractivity contribution in [1.82, 2.24) is 20.0 Å². The van der Waals surface area contributed by atoms with Gasteiger partial charge >= 0.3 is 0 Å². The Kier molecular flexibility index (Phi) is 4.29. The van der Waals surface area contributed by atoms with E-state index in [0.29, 0.717) is 12.1 Å². The first-order valence-corrected chi connectivity index (χ1v) is 8.86. The molecule has 5 nitrogen and oxygen atoms in total. The summed E-state index contributed by atoms with van der Waals surface area (Å²) in [4.78, 5) is 2.69. The predicted molar refractivity (Wildman–Crippen MR) is 93.9 cm³/mol. The fourth-order valence-corrected chi connectivity index (χ4v) is 3.91. The van der Waals surface area contributed by atoms with Crippen molar-refractivity contribution >= 4 is 0 Å². The Morgan fingerprint density at radius 1 is 1.25 bits per heavy atom. The van der Waals surface area contributed by atoms with E-state index < -0.39 is 0 Å². The molecule has 1 aliphatic carbocycles. The van der Waals surface area contributed by atoms with Gasteiger partial charge < -0.3 is 10.1 Å². The van der Waals surface area contributed by atoms with E-state index in [0.717, 1.165) is 18.3 Å². The van der Waals surface area contributed by atoms with Crippen LogP contribution in [0.25, 0.3) is 0 Å². The third-order valence-electron chi connectivity index (χ3n) is 5.36. The van der Waals surface area contributed by atoms with E-state index >= 15 is 0 Å². The van der Waals surface area contributed by atoms with Crippen LogP contribution >= 0.6 is 0 Å². The number of hydrogen-bond donors (Lipinski definition) is 1. The summed E-state index contributed by atoms with van der Waals surface area (Å²) in [5.74, 6) is 0.945. The fourth-order valence-electron chi connectivity index (χ4n) is 3.91. The first-order valence-electron chi connectivity index (χ1n) is 8.86. The summed E-state index contributed by atoms with van der Waals surface area (Å²) in [6, 6.07) is 12.3. The first-order chi connectivity index (χ1) is 11.8. The lowest BCUT2D eigenvalue weighted by atomic mass is 9.99. The van der Waals surface area contributed by atoms with Gasteiger partial charge in [0.2, 0.25) is 0 Å². The number of likely N-dealkylation sites (tertiary alicyclic amines) is 1. The van der Waals surface area contributed by atoms with Crippen molar-refractivity contribution in [2.75, 3.05) is 13.7 Å². The molecular weight excluding hydrogens is 300 g/mol. The van der Waals surface area contributed by atoms with E-state index in [9.17, 15) is 0 Å². The average Bonchev–Trinajstić information content (AvgIpc) is 3.24. The van der Waals surface area contributed by atoms with Crippen molar-refractivity contribution in [3.05, 3.63) is 47.8 Å². The number of benzene rings is 1. The SMILES string of the molecule is COc1cccc([C@@H]2[C@H](NCc3ccnn3C)CCN2C2CC2)c1. The number of nitrogens with one attached hydrogen (secondary N) is 1. The van der Waals surface area contributed by atoms with Crippen LogP contribution in [0.4, 0.5) is 0 Å². The van der Waals surface area contributed by atoms with Gasteiger partial charge in [0.25, 0.3) is 0 Å². The van der Waals surface area contributed by atoms with E-state index in [1.54, 1.807) is 7.11 Å². The lowest BCUT2D eigenvalue weighted by molar-refractivity contribution is 0.225. The third-order valence-corrected chi connectivity index (χ3v) is 5.36. The van der Waals surface area contributed by atoms with E-state index in [1.165, 1.54) is 37.1 Å². The molecule has 0 unspecified atom stereocenters. The molecule has 1 saturated heterocycles. The normalized spacial score (nSPS) is 24.4. The Hall–Kier alpha value is -1.85. The predicted octanol–water partition coefficient (Wildman–Crippen LogP) is 2.50. The quantitative estimate of drug-likeness (QED) is 0.886. The lowest BCUT2D eigenvalue weighted by Gasteiger charge is -2.29. The maximum Gasteiger partial charge on any atom is 0.119 e. The summed E-state index contributed by atoms with van der Waals surface area (Å²) in [5.41, 5.74) is 2.59. The molecule has 2 heterocycles. The number of hydrogen-bond acceptors (Lipinski definition) is 4.